The van der Waals surface area contributed by atoms with Crippen molar-refractivity contribution in [1.82, 2.24) is 0 Å². The lowest BCUT2D eigenvalue weighted by Crippen LogP contribution is -2.58. The van der Waals surface area contributed by atoms with Crippen LogP contribution in [0, 0.1) is 0 Å². The first-order valence-corrected chi connectivity index (χ1v) is 7.56. The summed E-state index contributed by atoms with van der Waals surface area (Å²) in [6.45, 7) is 1.44. The normalized spacial score (nSPS) is 39.4. The van der Waals surface area contributed by atoms with E-state index in [0.29, 0.717) is 6.42 Å². The summed E-state index contributed by atoms with van der Waals surface area (Å²) in [5.74, 6) is 2.85. The minimum Gasteiger partial charge on any atom is -0.394 e. The second kappa shape index (κ2) is 7.39. The number of hydrogen-bond acceptors (Lipinski definition) is 6. The third-order valence-electron chi connectivity index (χ3n) is 2.39. The minimum atomic E-state index is -2.67. The molecule has 1 aliphatic rings. The van der Waals surface area contributed by atoms with Crippen LogP contribution in [0.3, 0.4) is 0 Å². The van der Waals surface area contributed by atoms with Crippen LogP contribution in [0.1, 0.15) is 13.3 Å². The van der Waals surface area contributed by atoms with Gasteiger partial charge in [-0.2, -0.15) is 0 Å². The highest BCUT2D eigenvalue weighted by atomic mass is 32.2. The molecule has 0 aromatic carbocycles. The van der Waals surface area contributed by atoms with Crippen LogP contribution in [-0.4, -0.2) is 78.4 Å². The molecule has 0 saturated carbocycles. The van der Waals surface area contributed by atoms with Crippen LogP contribution in [-0.2, 0) is 14.5 Å². The van der Waals surface area contributed by atoms with E-state index in [4.69, 9.17) is 14.4 Å². The lowest BCUT2D eigenvalue weighted by atomic mass is 9.94. The van der Waals surface area contributed by atoms with Crippen molar-refractivity contribution in [3.8, 4) is 0 Å². The summed E-state index contributed by atoms with van der Waals surface area (Å²) >= 11 is 0. The van der Waals surface area contributed by atoms with Crippen molar-refractivity contribution in [2.24, 2.45) is 0 Å². The van der Waals surface area contributed by atoms with Crippen LogP contribution < -0.4 is 0 Å². The Morgan fingerprint density at radius 1 is 1.17 bits per heavy atom. The zero-order valence-corrected chi connectivity index (χ0v) is 11.3. The fourth-order valence-electron chi connectivity index (χ4n) is 1.52. The number of rotatable bonds is 2. The predicted molar refractivity (Wildman–Crippen MR) is 67.9 cm³/mol. The molecule has 1 fully saturated rings. The van der Waals surface area contributed by atoms with Crippen LogP contribution >= 0.6 is 0 Å². The fourth-order valence-corrected chi connectivity index (χ4v) is 1.52. The highest BCUT2D eigenvalue weighted by Gasteiger charge is 2.42. The first-order valence-electron chi connectivity index (χ1n) is 5.47. The van der Waals surface area contributed by atoms with Gasteiger partial charge in [-0.3, -0.25) is 0 Å². The van der Waals surface area contributed by atoms with Crippen molar-refractivity contribution in [2.45, 2.75) is 43.9 Å². The molecule has 7 nitrogen and oxygen atoms in total. The van der Waals surface area contributed by atoms with Crippen LogP contribution in [0.15, 0.2) is 0 Å². The summed E-state index contributed by atoms with van der Waals surface area (Å²) in [5.41, 5.74) is 0. The molecule has 3 unspecified atom stereocenters. The van der Waals surface area contributed by atoms with Gasteiger partial charge in [0.05, 0.1) is 22.5 Å². The van der Waals surface area contributed by atoms with Crippen molar-refractivity contribution in [3.05, 3.63) is 0 Å². The molecule has 0 radical (unpaired) electrons. The molecule has 0 amide bonds. The predicted octanol–water partition coefficient (Wildman–Crippen LogP) is -1.96. The van der Waals surface area contributed by atoms with Gasteiger partial charge in [-0.05, 0) is 12.3 Å². The van der Waals surface area contributed by atoms with Gasteiger partial charge < -0.3 is 29.7 Å². The molecule has 1 aliphatic heterocycles. The van der Waals surface area contributed by atoms with Crippen LogP contribution in [0.5, 0.6) is 0 Å². The summed E-state index contributed by atoms with van der Waals surface area (Å²) in [6.07, 6.45) is -3.17. The molecule has 1 saturated heterocycles. The second-order valence-electron chi connectivity index (χ2n) is 4.23. The number of ether oxygens (including phenoxy) is 1. The van der Waals surface area contributed by atoms with E-state index in [9.17, 15) is 19.5 Å². The Morgan fingerprint density at radius 3 is 1.89 bits per heavy atom. The maximum absolute atomic E-state index is 9.63. The van der Waals surface area contributed by atoms with Gasteiger partial charge in [0, 0.05) is 6.26 Å². The summed E-state index contributed by atoms with van der Waals surface area (Å²) in [6, 6.07) is 0. The zero-order chi connectivity index (χ0) is 14.5. The first-order chi connectivity index (χ1) is 8.11. The Labute approximate surface area is 107 Å². The Kier molecular flexibility index (Phi) is 7.30. The molecule has 0 bridgehead atoms. The van der Waals surface area contributed by atoms with Crippen LogP contribution in [0.25, 0.3) is 0 Å². The molecule has 0 aromatic rings. The van der Waals surface area contributed by atoms with Crippen LogP contribution in [0.2, 0.25) is 0 Å². The first kappa shape index (κ1) is 17.8. The van der Waals surface area contributed by atoms with E-state index in [0.717, 1.165) is 6.26 Å². The Balaban J connectivity index is 0.000000494. The zero-order valence-electron chi connectivity index (χ0n) is 10.5. The van der Waals surface area contributed by atoms with Gasteiger partial charge in [-0.15, -0.1) is 0 Å². The summed E-state index contributed by atoms with van der Waals surface area (Å²) in [5, 5.41) is 36.9. The molecule has 0 aliphatic carbocycles. The Hall–Kier alpha value is -0.220. The highest BCUT2D eigenvalue weighted by Crippen LogP contribution is 2.22. The van der Waals surface area contributed by atoms with Gasteiger partial charge >= 0.3 is 0 Å². The summed E-state index contributed by atoms with van der Waals surface area (Å²) in [4.78, 5) is 0. The lowest BCUT2D eigenvalue weighted by Gasteiger charge is -2.39. The number of hydrogen-bond donors (Lipinski definition) is 5. The van der Waals surface area contributed by atoms with E-state index in [-0.39, 0.29) is 6.61 Å². The monoisotopic (exact) mass is 286 g/mol. The maximum atomic E-state index is 9.63. The van der Waals surface area contributed by atoms with Gasteiger partial charge in [0.1, 0.15) is 24.4 Å². The Morgan fingerprint density at radius 2 is 1.56 bits per heavy atom. The largest absolute Gasteiger partial charge is 0.394 e. The molecule has 110 valence electrons. The van der Waals surface area contributed by atoms with Gasteiger partial charge in [0.15, 0.2) is 0 Å². The van der Waals surface area contributed by atoms with Gasteiger partial charge in [-0.1, -0.05) is 6.92 Å². The third-order valence-corrected chi connectivity index (χ3v) is 2.39. The van der Waals surface area contributed by atoms with E-state index in [1.54, 1.807) is 6.92 Å². The molecule has 5 N–H and O–H groups in total. The van der Waals surface area contributed by atoms with Crippen molar-refractivity contribution >= 4 is 15.7 Å². The summed E-state index contributed by atoms with van der Waals surface area (Å²) < 4.78 is 22.7. The summed E-state index contributed by atoms with van der Waals surface area (Å²) in [7, 11) is -2.67. The van der Waals surface area contributed by atoms with Crippen molar-refractivity contribution in [2.75, 3.05) is 12.9 Å². The molecule has 1 heterocycles. The molecule has 1 rings (SSSR count). The molecule has 0 aromatic heterocycles. The van der Waals surface area contributed by atoms with E-state index in [1.807, 2.05) is 0 Å². The third kappa shape index (κ3) is 6.10. The average molecular weight is 286 g/mol. The molecular weight excluding hydrogens is 264 g/mol. The SMILES string of the molecule is C=S(C)(=O)O.CC[C@@H]1OC(CO)[C@@H](O)[C@H](O)C1O. The van der Waals surface area contributed by atoms with E-state index < -0.39 is 40.3 Å². The van der Waals surface area contributed by atoms with E-state index in [1.165, 1.54) is 0 Å². The Bertz CT molecular complexity index is 301. The quantitative estimate of drug-likeness (QED) is 0.373. The lowest BCUT2D eigenvalue weighted by molar-refractivity contribution is -0.229. The van der Waals surface area contributed by atoms with Gasteiger partial charge in [0.2, 0.25) is 0 Å². The molecule has 6 atom stereocenters. The standard InChI is InChI=1S/C8H16O5.C2H6O2S/c1-2-4-6(10)8(12)7(11)5(3-9)13-4;1-5(2,3)4/h4-12H,2-3H2,1H3;1H2,2H3,(H,3,4)/t4-,5?,6?,7+,8+;/m0./s1. The maximum Gasteiger partial charge on any atom is 0.111 e. The second-order valence-corrected chi connectivity index (χ2v) is 6.15. The number of aliphatic hydroxyl groups is 4. The highest BCUT2D eigenvalue weighted by molar-refractivity contribution is 7.94. The topological polar surface area (TPSA) is 127 Å². The van der Waals surface area contributed by atoms with E-state index >= 15 is 0 Å². The van der Waals surface area contributed by atoms with Crippen molar-refractivity contribution in [1.29, 1.82) is 0 Å². The van der Waals surface area contributed by atoms with E-state index in [2.05, 4.69) is 5.87 Å². The average Bonchev–Trinajstić information content (AvgIpc) is 2.24. The van der Waals surface area contributed by atoms with Gasteiger partial charge in [0.25, 0.3) is 0 Å². The minimum absolute atomic E-state index is 0.360. The molecule has 8 heteroatoms. The smallest absolute Gasteiger partial charge is 0.111 e. The number of aliphatic hydroxyl groups excluding tert-OH is 4. The van der Waals surface area contributed by atoms with Crippen molar-refractivity contribution < 1.29 is 33.9 Å². The fraction of sp³-hybridized carbons (Fsp3) is 0.900. The molecule has 18 heavy (non-hydrogen) atoms. The van der Waals surface area contributed by atoms with Gasteiger partial charge in [-0.25, -0.2) is 4.21 Å². The molecular formula is C10H22O7S. The molecule has 0 spiro atoms. The van der Waals surface area contributed by atoms with Crippen molar-refractivity contribution in [3.63, 3.8) is 0 Å². The van der Waals surface area contributed by atoms with Crippen LogP contribution in [0.4, 0.5) is 0 Å².